The average molecular weight is 628 g/mol. The van der Waals surface area contributed by atoms with Crippen molar-refractivity contribution in [1.82, 2.24) is 0 Å². The molecule has 1 nitrogen and oxygen atoms in total. The van der Waals surface area contributed by atoms with Gasteiger partial charge in [0.05, 0.1) is 11.4 Å². The lowest BCUT2D eigenvalue weighted by molar-refractivity contribution is 1.37. The minimum absolute atomic E-state index is 0.583. The molecule has 7 aromatic carbocycles. The van der Waals surface area contributed by atoms with E-state index in [1.54, 1.807) is 12.2 Å². The second kappa shape index (κ2) is 13.4. The summed E-state index contributed by atoms with van der Waals surface area (Å²) in [6, 6.07) is 48.3. The van der Waals surface area contributed by atoms with Gasteiger partial charge in [0.25, 0.3) is 0 Å². The van der Waals surface area contributed by atoms with E-state index in [0.717, 1.165) is 22.4 Å². The lowest BCUT2D eigenvalue weighted by Crippen LogP contribution is -1.99. The first-order chi connectivity index (χ1) is 24.0. The summed E-state index contributed by atoms with van der Waals surface area (Å²) in [5.74, 6) is 0. The highest BCUT2D eigenvalue weighted by molar-refractivity contribution is 6.24. The zero-order chi connectivity index (χ0) is 33.9. The summed E-state index contributed by atoms with van der Waals surface area (Å²) in [5.41, 5.74) is 11.5. The molecule has 0 saturated heterocycles. The Kier molecular flexibility index (Phi) is 8.58. The molecule has 0 amide bonds. The van der Waals surface area contributed by atoms with Gasteiger partial charge in [-0.05, 0) is 90.3 Å². The maximum Gasteiger partial charge on any atom is 0.0703 e. The zero-order valence-corrected chi connectivity index (χ0v) is 27.8. The number of nitrogens with zero attached hydrogens (tertiary/aromatic N) is 1. The molecule has 1 heteroatoms. The van der Waals surface area contributed by atoms with Crippen molar-refractivity contribution >= 4 is 38.0 Å². The first-order valence-corrected chi connectivity index (χ1v) is 16.5. The van der Waals surface area contributed by atoms with Gasteiger partial charge in [0, 0.05) is 5.56 Å². The number of allylic oxidation sites excluding steroid dienone is 4. The van der Waals surface area contributed by atoms with Crippen LogP contribution in [0.15, 0.2) is 200 Å². The standard InChI is InChI=1S/C48H37N/c1-6-8-16-33(4)34(5)49-46(7-2)36-17-13-18-37(31-36)47-42-19-9-11-21-44(42)48(45-22-12-10-20-43(45)47)41-26-15-24-39-38(23-14-25-40(39)41)35-29-27-32(3)28-30-35/h6-31H,1-2,4-5H2,3H3/b16-8-,49-46?. The Morgan fingerprint density at radius 3 is 1.71 bits per heavy atom. The van der Waals surface area contributed by atoms with Crippen molar-refractivity contribution in [3.8, 4) is 33.4 Å². The Labute approximate surface area is 288 Å². The van der Waals surface area contributed by atoms with E-state index in [-0.39, 0.29) is 0 Å². The summed E-state index contributed by atoms with van der Waals surface area (Å²) in [5, 5.41) is 7.31. The van der Waals surface area contributed by atoms with Crippen LogP contribution in [0.3, 0.4) is 0 Å². The van der Waals surface area contributed by atoms with Crippen molar-refractivity contribution in [2.75, 3.05) is 0 Å². The topological polar surface area (TPSA) is 12.4 Å². The number of hydrogen-bond acceptors (Lipinski definition) is 1. The van der Waals surface area contributed by atoms with Crippen LogP contribution in [0.4, 0.5) is 0 Å². The molecule has 0 aromatic heterocycles. The van der Waals surface area contributed by atoms with Gasteiger partial charge in [-0.3, -0.25) is 0 Å². The molecular weight excluding hydrogens is 591 g/mol. The number of hydrogen-bond donors (Lipinski definition) is 0. The summed E-state index contributed by atoms with van der Waals surface area (Å²) in [7, 11) is 0. The molecule has 0 fully saturated rings. The highest BCUT2D eigenvalue weighted by atomic mass is 14.8. The molecule has 0 radical (unpaired) electrons. The predicted molar refractivity (Wildman–Crippen MR) is 214 cm³/mol. The Morgan fingerprint density at radius 1 is 0.551 bits per heavy atom. The average Bonchev–Trinajstić information content (AvgIpc) is 3.14. The van der Waals surface area contributed by atoms with Gasteiger partial charge in [0.2, 0.25) is 0 Å². The summed E-state index contributed by atoms with van der Waals surface area (Å²) < 4.78 is 0. The SMILES string of the molecule is C=C/C=C\C(=C)C(=C)N=C(C=C)c1cccc(-c2c3ccccc3c(-c3cccc4c(-c5ccc(C)cc5)cccc34)c3ccccc23)c1. The van der Waals surface area contributed by atoms with E-state index < -0.39 is 0 Å². The van der Waals surface area contributed by atoms with Crippen LogP contribution in [0.5, 0.6) is 0 Å². The number of aryl methyl sites for hydroxylation is 1. The molecule has 0 unspecified atom stereocenters. The first kappa shape index (κ1) is 31.3. The van der Waals surface area contributed by atoms with Crippen LogP contribution in [0.2, 0.25) is 0 Å². The van der Waals surface area contributed by atoms with Gasteiger partial charge in [0.1, 0.15) is 0 Å². The minimum Gasteiger partial charge on any atom is -0.248 e. The Balaban J connectivity index is 1.45. The minimum atomic E-state index is 0.583. The third kappa shape index (κ3) is 5.88. The van der Waals surface area contributed by atoms with Gasteiger partial charge in [-0.1, -0.05) is 178 Å². The molecule has 0 atom stereocenters. The van der Waals surface area contributed by atoms with Gasteiger partial charge in [-0.25, -0.2) is 4.99 Å². The Bertz CT molecular complexity index is 2450. The van der Waals surface area contributed by atoms with Crippen LogP contribution < -0.4 is 0 Å². The van der Waals surface area contributed by atoms with Crippen LogP contribution >= 0.6 is 0 Å². The second-order valence-electron chi connectivity index (χ2n) is 12.3. The van der Waals surface area contributed by atoms with Crippen LogP contribution in [-0.4, -0.2) is 5.71 Å². The van der Waals surface area contributed by atoms with Crippen LogP contribution in [-0.2, 0) is 0 Å². The normalized spacial score (nSPS) is 11.7. The quantitative estimate of drug-likeness (QED) is 0.0858. The fraction of sp³-hybridized carbons (Fsp3) is 0.0208. The molecule has 0 aliphatic carbocycles. The molecule has 0 bridgehead atoms. The van der Waals surface area contributed by atoms with Gasteiger partial charge in [-0.2, -0.15) is 0 Å². The molecule has 0 heterocycles. The van der Waals surface area contributed by atoms with Gasteiger partial charge >= 0.3 is 0 Å². The molecule has 7 aromatic rings. The summed E-state index contributed by atoms with van der Waals surface area (Å²) in [6.07, 6.45) is 7.18. The molecule has 7 rings (SSSR count). The fourth-order valence-electron chi connectivity index (χ4n) is 6.80. The fourth-order valence-corrected chi connectivity index (χ4v) is 6.80. The molecule has 0 N–H and O–H groups in total. The van der Waals surface area contributed by atoms with Gasteiger partial charge < -0.3 is 0 Å². The van der Waals surface area contributed by atoms with Crippen molar-refractivity contribution in [1.29, 1.82) is 0 Å². The van der Waals surface area contributed by atoms with Crippen LogP contribution in [0.1, 0.15) is 11.1 Å². The molecule has 49 heavy (non-hydrogen) atoms. The lowest BCUT2D eigenvalue weighted by atomic mass is 9.84. The van der Waals surface area contributed by atoms with E-state index in [1.165, 1.54) is 65.7 Å². The van der Waals surface area contributed by atoms with Gasteiger partial charge in [-0.15, -0.1) is 0 Å². The smallest absolute Gasteiger partial charge is 0.0703 e. The number of benzene rings is 7. The highest BCUT2D eigenvalue weighted by Gasteiger charge is 2.19. The summed E-state index contributed by atoms with van der Waals surface area (Å²) in [4.78, 5) is 4.81. The zero-order valence-electron chi connectivity index (χ0n) is 27.8. The highest BCUT2D eigenvalue weighted by Crippen LogP contribution is 2.46. The summed E-state index contributed by atoms with van der Waals surface area (Å²) >= 11 is 0. The lowest BCUT2D eigenvalue weighted by Gasteiger charge is -2.19. The van der Waals surface area contributed by atoms with Crippen molar-refractivity contribution in [3.63, 3.8) is 0 Å². The maximum absolute atomic E-state index is 4.81. The van der Waals surface area contributed by atoms with E-state index in [0.29, 0.717) is 5.70 Å². The van der Waals surface area contributed by atoms with E-state index in [2.05, 4.69) is 167 Å². The van der Waals surface area contributed by atoms with Crippen molar-refractivity contribution in [2.45, 2.75) is 6.92 Å². The third-order valence-corrected chi connectivity index (χ3v) is 9.19. The van der Waals surface area contributed by atoms with Crippen molar-refractivity contribution in [3.05, 3.63) is 206 Å². The van der Waals surface area contributed by atoms with E-state index in [1.807, 2.05) is 12.2 Å². The molecule has 234 valence electrons. The number of rotatable bonds is 9. The molecular formula is C48H37N. The summed E-state index contributed by atoms with van der Waals surface area (Å²) in [6.45, 7) is 18.2. The Hall–Kier alpha value is -6.31. The van der Waals surface area contributed by atoms with Crippen molar-refractivity contribution in [2.24, 2.45) is 4.99 Å². The largest absolute Gasteiger partial charge is 0.248 e. The second-order valence-corrected chi connectivity index (χ2v) is 12.3. The monoisotopic (exact) mass is 627 g/mol. The molecule has 0 spiro atoms. The van der Waals surface area contributed by atoms with Crippen molar-refractivity contribution < 1.29 is 0 Å². The predicted octanol–water partition coefficient (Wildman–Crippen LogP) is 13.2. The van der Waals surface area contributed by atoms with Crippen LogP contribution in [0, 0.1) is 6.92 Å². The molecule has 0 aliphatic heterocycles. The third-order valence-electron chi connectivity index (χ3n) is 9.19. The number of aliphatic imine (C=N–C) groups is 1. The van der Waals surface area contributed by atoms with E-state index in [4.69, 9.17) is 4.99 Å². The number of fused-ring (bicyclic) bond motifs is 3. The first-order valence-electron chi connectivity index (χ1n) is 16.5. The van der Waals surface area contributed by atoms with E-state index >= 15 is 0 Å². The molecule has 0 saturated carbocycles. The molecule has 0 aliphatic rings. The van der Waals surface area contributed by atoms with E-state index in [9.17, 15) is 0 Å². The Morgan fingerprint density at radius 2 is 1.10 bits per heavy atom. The maximum atomic E-state index is 4.81. The van der Waals surface area contributed by atoms with Gasteiger partial charge in [0.15, 0.2) is 0 Å². The van der Waals surface area contributed by atoms with Crippen LogP contribution in [0.25, 0.3) is 65.7 Å².